The van der Waals surface area contributed by atoms with Crippen LogP contribution in [0.25, 0.3) is 0 Å². The summed E-state index contributed by atoms with van der Waals surface area (Å²) in [6.07, 6.45) is 5.31. The number of benzene rings is 1. The van der Waals surface area contributed by atoms with Crippen LogP contribution in [-0.4, -0.2) is 48.1 Å². The van der Waals surface area contributed by atoms with Crippen LogP contribution >= 0.6 is 0 Å². The number of fused-ring (bicyclic) bond motifs is 1. The molecule has 5 heteroatoms. The van der Waals surface area contributed by atoms with E-state index in [9.17, 15) is 4.79 Å². The van der Waals surface area contributed by atoms with Gasteiger partial charge in [-0.1, -0.05) is 24.3 Å². The standard InChI is InChI=1S/C23H29N3O2/c1-16-14-26(15-17(2)28-16)22-12-11-19(13-24-22)23(27)25(3)21-10-6-8-18-7-4-5-9-20(18)21/h4-5,7,9,11-13,16-17,21H,6,8,10,14-15H2,1-3H3/t16-,17-,21-/m1/s1. The summed E-state index contributed by atoms with van der Waals surface area (Å²) in [6, 6.07) is 12.5. The van der Waals surface area contributed by atoms with Crippen LogP contribution < -0.4 is 4.90 Å². The molecule has 28 heavy (non-hydrogen) atoms. The van der Waals surface area contributed by atoms with E-state index in [1.807, 2.05) is 24.1 Å². The minimum atomic E-state index is 0.0319. The maximum absolute atomic E-state index is 13.1. The van der Waals surface area contributed by atoms with Crippen molar-refractivity contribution in [2.75, 3.05) is 25.0 Å². The predicted molar refractivity (Wildman–Crippen MR) is 111 cm³/mol. The molecule has 1 aliphatic heterocycles. The molecule has 1 saturated heterocycles. The van der Waals surface area contributed by atoms with Crippen molar-refractivity contribution in [1.82, 2.24) is 9.88 Å². The number of anilines is 1. The second-order valence-electron chi connectivity index (χ2n) is 8.09. The lowest BCUT2D eigenvalue weighted by molar-refractivity contribution is -0.00546. The van der Waals surface area contributed by atoms with Crippen molar-refractivity contribution in [3.05, 3.63) is 59.3 Å². The normalized spacial score (nSPS) is 24.5. The summed E-state index contributed by atoms with van der Waals surface area (Å²) in [5.74, 6) is 0.939. The summed E-state index contributed by atoms with van der Waals surface area (Å²) in [7, 11) is 1.91. The number of rotatable bonds is 3. The second kappa shape index (κ2) is 7.92. The van der Waals surface area contributed by atoms with E-state index in [1.165, 1.54) is 11.1 Å². The number of morpholine rings is 1. The second-order valence-corrected chi connectivity index (χ2v) is 8.09. The fourth-order valence-corrected chi connectivity index (χ4v) is 4.54. The minimum Gasteiger partial charge on any atom is -0.372 e. The van der Waals surface area contributed by atoms with Crippen molar-refractivity contribution in [2.24, 2.45) is 0 Å². The fraction of sp³-hybridized carbons (Fsp3) is 0.478. The van der Waals surface area contributed by atoms with E-state index >= 15 is 0 Å². The smallest absolute Gasteiger partial charge is 0.255 e. The number of nitrogens with zero attached hydrogens (tertiary/aromatic N) is 3. The number of hydrogen-bond donors (Lipinski definition) is 0. The van der Waals surface area contributed by atoms with Crippen molar-refractivity contribution in [1.29, 1.82) is 0 Å². The Kier molecular flexibility index (Phi) is 5.36. The van der Waals surface area contributed by atoms with Gasteiger partial charge in [0.1, 0.15) is 5.82 Å². The van der Waals surface area contributed by atoms with E-state index in [0.29, 0.717) is 5.56 Å². The van der Waals surface area contributed by atoms with Crippen molar-refractivity contribution in [3.63, 3.8) is 0 Å². The largest absolute Gasteiger partial charge is 0.372 e. The van der Waals surface area contributed by atoms with E-state index in [1.54, 1.807) is 6.20 Å². The molecule has 0 radical (unpaired) electrons. The van der Waals surface area contributed by atoms with Crippen LogP contribution in [0.1, 0.15) is 54.2 Å². The van der Waals surface area contributed by atoms with Crippen molar-refractivity contribution in [2.45, 2.75) is 51.4 Å². The van der Waals surface area contributed by atoms with Gasteiger partial charge < -0.3 is 14.5 Å². The summed E-state index contributed by atoms with van der Waals surface area (Å²) >= 11 is 0. The molecule has 1 aromatic heterocycles. The van der Waals surface area contributed by atoms with Gasteiger partial charge in [0, 0.05) is 26.3 Å². The molecular formula is C23H29N3O2. The first-order chi connectivity index (χ1) is 13.5. The summed E-state index contributed by atoms with van der Waals surface area (Å²) in [5, 5.41) is 0. The SMILES string of the molecule is C[C@@H]1CN(c2ccc(C(=O)N(C)[C@@H]3CCCc4ccccc43)cn2)C[C@@H](C)O1. The van der Waals surface area contributed by atoms with Gasteiger partial charge in [0.25, 0.3) is 5.91 Å². The molecule has 2 aromatic rings. The lowest BCUT2D eigenvalue weighted by Gasteiger charge is -2.36. The van der Waals surface area contributed by atoms with Crippen LogP contribution in [0.5, 0.6) is 0 Å². The van der Waals surface area contributed by atoms with Crippen LogP contribution in [0.3, 0.4) is 0 Å². The highest BCUT2D eigenvalue weighted by molar-refractivity contribution is 5.94. The van der Waals surface area contributed by atoms with Gasteiger partial charge in [0.2, 0.25) is 0 Å². The van der Waals surface area contributed by atoms with E-state index in [0.717, 1.165) is 38.2 Å². The molecule has 0 unspecified atom stereocenters. The number of aryl methyl sites for hydroxylation is 1. The molecule has 2 heterocycles. The quantitative estimate of drug-likeness (QED) is 0.813. The zero-order chi connectivity index (χ0) is 19.7. The first kappa shape index (κ1) is 18.9. The molecule has 1 fully saturated rings. The van der Waals surface area contributed by atoms with Gasteiger partial charge in [-0.2, -0.15) is 0 Å². The molecule has 0 N–H and O–H groups in total. The van der Waals surface area contributed by atoms with E-state index in [4.69, 9.17) is 4.74 Å². The maximum atomic E-state index is 13.1. The molecule has 0 bridgehead atoms. The zero-order valence-corrected chi connectivity index (χ0v) is 17.0. The lowest BCUT2D eigenvalue weighted by Crippen LogP contribution is -2.45. The van der Waals surface area contributed by atoms with Gasteiger partial charge in [0.05, 0.1) is 23.8 Å². The molecule has 1 amide bonds. The highest BCUT2D eigenvalue weighted by Gasteiger charge is 2.28. The van der Waals surface area contributed by atoms with Crippen molar-refractivity contribution < 1.29 is 9.53 Å². The van der Waals surface area contributed by atoms with Crippen molar-refractivity contribution in [3.8, 4) is 0 Å². The first-order valence-corrected chi connectivity index (χ1v) is 10.2. The number of ether oxygens (including phenoxy) is 1. The number of hydrogen-bond acceptors (Lipinski definition) is 4. The topological polar surface area (TPSA) is 45.7 Å². The summed E-state index contributed by atoms with van der Waals surface area (Å²) in [5.41, 5.74) is 3.29. The highest BCUT2D eigenvalue weighted by Crippen LogP contribution is 2.34. The summed E-state index contributed by atoms with van der Waals surface area (Å²) in [6.45, 7) is 5.81. The van der Waals surface area contributed by atoms with E-state index < -0.39 is 0 Å². The first-order valence-electron chi connectivity index (χ1n) is 10.2. The molecular weight excluding hydrogens is 350 g/mol. The predicted octanol–water partition coefficient (Wildman–Crippen LogP) is 3.84. The van der Waals surface area contributed by atoms with E-state index in [2.05, 4.69) is 48.0 Å². The molecule has 3 atom stereocenters. The Morgan fingerprint density at radius 3 is 2.61 bits per heavy atom. The third-order valence-corrected chi connectivity index (χ3v) is 5.86. The molecule has 5 nitrogen and oxygen atoms in total. The lowest BCUT2D eigenvalue weighted by atomic mass is 9.87. The zero-order valence-electron chi connectivity index (χ0n) is 17.0. The molecule has 4 rings (SSSR count). The summed E-state index contributed by atoms with van der Waals surface area (Å²) < 4.78 is 5.80. The Morgan fingerprint density at radius 2 is 1.89 bits per heavy atom. The van der Waals surface area contributed by atoms with Crippen molar-refractivity contribution >= 4 is 11.7 Å². The average Bonchev–Trinajstić information content (AvgIpc) is 2.71. The Hall–Kier alpha value is -2.40. The Balaban J connectivity index is 1.49. The van der Waals surface area contributed by atoms with Gasteiger partial charge in [-0.05, 0) is 56.4 Å². The average molecular weight is 380 g/mol. The number of carbonyl (C=O) groups excluding carboxylic acids is 1. The number of amides is 1. The van der Waals surface area contributed by atoms with E-state index in [-0.39, 0.29) is 24.2 Å². The van der Waals surface area contributed by atoms with Gasteiger partial charge in [-0.3, -0.25) is 4.79 Å². The Morgan fingerprint density at radius 1 is 1.14 bits per heavy atom. The Bertz CT molecular complexity index is 826. The molecule has 0 spiro atoms. The number of aromatic nitrogens is 1. The molecule has 0 saturated carbocycles. The Labute approximate surface area is 167 Å². The fourth-order valence-electron chi connectivity index (χ4n) is 4.54. The summed E-state index contributed by atoms with van der Waals surface area (Å²) in [4.78, 5) is 21.8. The van der Waals surface area contributed by atoms with Gasteiger partial charge in [-0.15, -0.1) is 0 Å². The van der Waals surface area contributed by atoms with Gasteiger partial charge in [-0.25, -0.2) is 4.98 Å². The van der Waals surface area contributed by atoms with Crippen LogP contribution in [0.15, 0.2) is 42.6 Å². The number of carbonyl (C=O) groups is 1. The van der Waals surface area contributed by atoms with Gasteiger partial charge in [0.15, 0.2) is 0 Å². The maximum Gasteiger partial charge on any atom is 0.255 e. The van der Waals surface area contributed by atoms with Crippen LogP contribution in [0, 0.1) is 0 Å². The van der Waals surface area contributed by atoms with Crippen LogP contribution in [0.4, 0.5) is 5.82 Å². The molecule has 2 aliphatic rings. The van der Waals surface area contributed by atoms with Crippen LogP contribution in [0.2, 0.25) is 0 Å². The van der Waals surface area contributed by atoms with Crippen LogP contribution in [-0.2, 0) is 11.2 Å². The molecule has 1 aliphatic carbocycles. The van der Waals surface area contributed by atoms with Gasteiger partial charge >= 0.3 is 0 Å². The highest BCUT2D eigenvalue weighted by atomic mass is 16.5. The minimum absolute atomic E-state index is 0.0319. The monoisotopic (exact) mass is 379 g/mol. The number of pyridine rings is 1. The third kappa shape index (κ3) is 3.76. The third-order valence-electron chi connectivity index (χ3n) is 5.86. The molecule has 1 aromatic carbocycles. The molecule has 148 valence electrons.